The van der Waals surface area contributed by atoms with Crippen molar-refractivity contribution in [2.75, 3.05) is 19.6 Å². The number of nitrogens with zero attached hydrogens (tertiary/aromatic N) is 1. The number of rotatable bonds is 6. The molecular formula is C27H32F3N3O4. The van der Waals surface area contributed by atoms with Gasteiger partial charge in [0, 0.05) is 24.7 Å². The van der Waals surface area contributed by atoms with Gasteiger partial charge < -0.3 is 20.8 Å². The normalized spacial score (nSPS) is 26.6. The number of amides is 2. The van der Waals surface area contributed by atoms with Crippen LogP contribution in [0.15, 0.2) is 48.5 Å². The van der Waals surface area contributed by atoms with Crippen LogP contribution in [-0.2, 0) is 16.6 Å². The van der Waals surface area contributed by atoms with Gasteiger partial charge in [-0.05, 0) is 56.4 Å². The highest BCUT2D eigenvalue weighted by molar-refractivity contribution is 5.96. The number of aliphatic hydroxyl groups excluding tert-OH is 1. The zero-order chi connectivity index (χ0) is 26.8. The molecule has 7 nitrogen and oxygen atoms in total. The molecule has 4 rings (SSSR count). The minimum absolute atomic E-state index is 0.169. The summed E-state index contributed by atoms with van der Waals surface area (Å²) in [5.74, 6) is -1.33. The number of hydrogen-bond donors (Lipinski definition) is 4. The molecule has 37 heavy (non-hydrogen) atoms. The Morgan fingerprint density at radius 3 is 2.46 bits per heavy atom. The Balaban J connectivity index is 1.25. The maximum absolute atomic E-state index is 12.9. The Labute approximate surface area is 213 Å². The van der Waals surface area contributed by atoms with E-state index in [0.29, 0.717) is 25.9 Å². The molecule has 0 bridgehead atoms. The van der Waals surface area contributed by atoms with Crippen molar-refractivity contribution in [3.8, 4) is 0 Å². The summed E-state index contributed by atoms with van der Waals surface area (Å²) in [7, 11) is 0. The van der Waals surface area contributed by atoms with Gasteiger partial charge in [-0.25, -0.2) is 0 Å². The molecule has 0 spiro atoms. The zero-order valence-corrected chi connectivity index (χ0v) is 20.6. The van der Waals surface area contributed by atoms with Gasteiger partial charge in [-0.1, -0.05) is 35.9 Å². The molecule has 2 aromatic carbocycles. The molecule has 1 saturated heterocycles. The van der Waals surface area contributed by atoms with Crippen LogP contribution in [0, 0.1) is 6.92 Å². The summed E-state index contributed by atoms with van der Waals surface area (Å²) in [6, 6.07) is 11.5. The predicted molar refractivity (Wildman–Crippen MR) is 131 cm³/mol. The van der Waals surface area contributed by atoms with Crippen LogP contribution in [0.2, 0.25) is 0 Å². The third-order valence-electron chi connectivity index (χ3n) is 7.38. The van der Waals surface area contributed by atoms with Crippen LogP contribution in [-0.4, -0.2) is 64.7 Å². The van der Waals surface area contributed by atoms with Crippen LogP contribution in [0.4, 0.5) is 13.2 Å². The van der Waals surface area contributed by atoms with Gasteiger partial charge in [0.15, 0.2) is 0 Å². The molecule has 2 amide bonds. The summed E-state index contributed by atoms with van der Waals surface area (Å²) < 4.78 is 38.6. The van der Waals surface area contributed by atoms with E-state index in [-0.39, 0.29) is 11.6 Å². The number of likely N-dealkylation sites (tertiary alicyclic amines) is 1. The molecule has 4 N–H and O–H groups in total. The van der Waals surface area contributed by atoms with Gasteiger partial charge in [-0.3, -0.25) is 14.5 Å². The number of aliphatic hydroxyl groups is 2. The van der Waals surface area contributed by atoms with E-state index < -0.39 is 47.8 Å². The van der Waals surface area contributed by atoms with E-state index in [2.05, 4.69) is 15.5 Å². The van der Waals surface area contributed by atoms with Crippen LogP contribution >= 0.6 is 0 Å². The lowest BCUT2D eigenvalue weighted by Gasteiger charge is -2.40. The first kappa shape index (κ1) is 27.1. The van der Waals surface area contributed by atoms with Gasteiger partial charge in [0.25, 0.3) is 5.91 Å². The van der Waals surface area contributed by atoms with Crippen molar-refractivity contribution in [1.29, 1.82) is 0 Å². The Hall–Kier alpha value is -2.95. The highest BCUT2D eigenvalue weighted by atomic mass is 19.4. The number of alkyl halides is 3. The van der Waals surface area contributed by atoms with Gasteiger partial charge in [0.1, 0.15) is 0 Å². The Bertz CT molecular complexity index is 1130. The molecular weight excluding hydrogens is 487 g/mol. The summed E-state index contributed by atoms with van der Waals surface area (Å²) in [6.45, 7) is 2.39. The van der Waals surface area contributed by atoms with Crippen molar-refractivity contribution in [2.45, 2.75) is 62.6 Å². The third kappa shape index (κ3) is 6.49. The number of carbonyl (C=O) groups excluding carboxylic acids is 2. The number of halogens is 3. The average Bonchev–Trinajstić information content (AvgIpc) is 3.22. The molecule has 2 aromatic rings. The maximum atomic E-state index is 12.9. The number of carbonyl (C=O) groups is 2. The summed E-state index contributed by atoms with van der Waals surface area (Å²) >= 11 is 0. The lowest BCUT2D eigenvalue weighted by Crippen LogP contribution is -2.47. The van der Waals surface area contributed by atoms with Crippen molar-refractivity contribution < 1.29 is 33.0 Å². The summed E-state index contributed by atoms with van der Waals surface area (Å²) in [6.07, 6.45) is -2.65. The smallest absolute Gasteiger partial charge is 0.390 e. The second kappa shape index (κ2) is 10.8. The van der Waals surface area contributed by atoms with Gasteiger partial charge in [-0.15, -0.1) is 0 Å². The largest absolute Gasteiger partial charge is 0.416 e. The number of benzene rings is 2. The zero-order valence-electron chi connectivity index (χ0n) is 20.6. The summed E-state index contributed by atoms with van der Waals surface area (Å²) in [5, 5.41) is 26.7. The van der Waals surface area contributed by atoms with Crippen molar-refractivity contribution in [2.24, 2.45) is 0 Å². The average molecular weight is 520 g/mol. The van der Waals surface area contributed by atoms with Crippen LogP contribution in [0.3, 0.4) is 0 Å². The van der Waals surface area contributed by atoms with E-state index in [1.807, 2.05) is 31.2 Å². The molecule has 200 valence electrons. The van der Waals surface area contributed by atoms with Gasteiger partial charge in [0.2, 0.25) is 5.91 Å². The minimum atomic E-state index is -4.57. The topological polar surface area (TPSA) is 102 Å². The fourth-order valence-electron chi connectivity index (χ4n) is 5.28. The molecule has 2 aliphatic rings. The highest BCUT2D eigenvalue weighted by Gasteiger charge is 2.41. The number of aryl methyl sites for hydroxylation is 1. The lowest BCUT2D eigenvalue weighted by molar-refractivity contribution is -0.137. The van der Waals surface area contributed by atoms with E-state index >= 15 is 0 Å². The fourth-order valence-corrected chi connectivity index (χ4v) is 5.28. The molecule has 10 heteroatoms. The fraction of sp³-hybridized carbons (Fsp3) is 0.481. The van der Waals surface area contributed by atoms with E-state index in [0.717, 1.165) is 42.2 Å². The van der Waals surface area contributed by atoms with Crippen molar-refractivity contribution in [3.05, 3.63) is 70.8 Å². The summed E-state index contributed by atoms with van der Waals surface area (Å²) in [4.78, 5) is 26.7. The first-order chi connectivity index (χ1) is 17.4. The van der Waals surface area contributed by atoms with Crippen molar-refractivity contribution in [1.82, 2.24) is 15.5 Å². The van der Waals surface area contributed by atoms with Gasteiger partial charge in [0.05, 0.1) is 29.9 Å². The van der Waals surface area contributed by atoms with Gasteiger partial charge in [-0.2, -0.15) is 13.2 Å². The van der Waals surface area contributed by atoms with Gasteiger partial charge >= 0.3 is 6.18 Å². The Kier molecular flexibility index (Phi) is 7.91. The first-order valence-electron chi connectivity index (χ1n) is 12.4. The molecule has 1 saturated carbocycles. The molecule has 0 unspecified atom stereocenters. The van der Waals surface area contributed by atoms with E-state index in [9.17, 15) is 33.0 Å². The number of nitrogens with one attached hydrogen (secondary N) is 2. The SMILES string of the molecule is Cc1cccc(C2(O)CCC(N3C[C@H](NC(=O)CNC(=O)c4cccc(C(F)(F)F)c4)[C@@H](O)C3)CC2)c1. The first-order valence-corrected chi connectivity index (χ1v) is 12.4. The maximum Gasteiger partial charge on any atom is 0.416 e. The molecule has 2 atom stereocenters. The lowest BCUT2D eigenvalue weighted by atomic mass is 9.77. The Morgan fingerprint density at radius 2 is 1.78 bits per heavy atom. The van der Waals surface area contributed by atoms with Crippen LogP contribution in [0.1, 0.15) is 52.7 Å². The van der Waals surface area contributed by atoms with E-state index in [1.165, 1.54) is 6.07 Å². The number of β-amino-alcohol motifs (C(OH)–C–C–N with tert-alkyl or cyclic N) is 1. The molecule has 2 fully saturated rings. The molecule has 1 aliphatic carbocycles. The molecule has 1 heterocycles. The van der Waals surface area contributed by atoms with E-state index in [4.69, 9.17) is 0 Å². The highest BCUT2D eigenvalue weighted by Crippen LogP contribution is 2.39. The monoisotopic (exact) mass is 519 g/mol. The van der Waals surface area contributed by atoms with Crippen LogP contribution in [0.5, 0.6) is 0 Å². The second-order valence-electron chi connectivity index (χ2n) is 10.1. The molecule has 0 radical (unpaired) electrons. The quantitative estimate of drug-likeness (QED) is 0.470. The molecule has 0 aromatic heterocycles. The number of hydrogen-bond acceptors (Lipinski definition) is 5. The van der Waals surface area contributed by atoms with Crippen LogP contribution < -0.4 is 10.6 Å². The van der Waals surface area contributed by atoms with Crippen molar-refractivity contribution >= 4 is 11.8 Å². The third-order valence-corrected chi connectivity index (χ3v) is 7.38. The standard InChI is InChI=1S/C27H32F3N3O4/c1-17-4-2-6-19(12-17)26(37)10-8-21(9-11-26)33-15-22(23(34)16-33)32-24(35)14-31-25(36)18-5-3-7-20(13-18)27(28,29)30/h2-7,12-13,21-23,34,37H,8-11,14-16H2,1H3,(H,31,36)(H,32,35)/t21?,22-,23-,26?/m0/s1. The second-order valence-corrected chi connectivity index (χ2v) is 10.1. The van der Waals surface area contributed by atoms with E-state index in [1.54, 1.807) is 0 Å². The van der Waals surface area contributed by atoms with Crippen LogP contribution in [0.25, 0.3) is 0 Å². The summed E-state index contributed by atoms with van der Waals surface area (Å²) in [5.41, 5.74) is 0.00761. The predicted octanol–water partition coefficient (Wildman–Crippen LogP) is 2.74. The van der Waals surface area contributed by atoms with Crippen molar-refractivity contribution in [3.63, 3.8) is 0 Å². The minimum Gasteiger partial charge on any atom is -0.390 e. The molecule has 1 aliphatic heterocycles. The Morgan fingerprint density at radius 1 is 1.08 bits per heavy atom.